The Kier molecular flexibility index (Phi) is 7.85. The van der Waals surface area contributed by atoms with Gasteiger partial charge in [-0.15, -0.1) is 0 Å². The van der Waals surface area contributed by atoms with Crippen molar-refractivity contribution < 1.29 is 19.1 Å². The Bertz CT molecular complexity index is 998. The van der Waals surface area contributed by atoms with E-state index >= 15 is 0 Å². The molecule has 1 aliphatic carbocycles. The maximum atomic E-state index is 13.4. The van der Waals surface area contributed by atoms with Gasteiger partial charge in [0.15, 0.2) is 5.82 Å². The molecule has 1 aliphatic rings. The molecule has 1 heterocycles. The second-order valence-corrected chi connectivity index (χ2v) is 9.15. The van der Waals surface area contributed by atoms with Gasteiger partial charge in [-0.3, -0.25) is 14.7 Å². The van der Waals surface area contributed by atoms with E-state index in [1.807, 2.05) is 31.2 Å². The number of H-pyrrole nitrogens is 1. The van der Waals surface area contributed by atoms with Crippen molar-refractivity contribution in [3.63, 3.8) is 0 Å². The van der Waals surface area contributed by atoms with Crippen LogP contribution in [0.15, 0.2) is 24.3 Å². The second-order valence-electron chi connectivity index (χ2n) is 9.15. The lowest BCUT2D eigenvalue weighted by Gasteiger charge is -2.37. The minimum atomic E-state index is -1.41. The van der Waals surface area contributed by atoms with Crippen molar-refractivity contribution in [2.45, 2.75) is 65.5 Å². The Balaban J connectivity index is 1.93. The number of hydrogen-bond acceptors (Lipinski definition) is 6. The van der Waals surface area contributed by atoms with Crippen LogP contribution in [0.5, 0.6) is 0 Å². The van der Waals surface area contributed by atoms with E-state index in [0.29, 0.717) is 11.7 Å². The molecule has 0 amide bonds. The van der Waals surface area contributed by atoms with Gasteiger partial charge in [-0.1, -0.05) is 50.6 Å². The first kappa shape index (κ1) is 24.4. The number of esters is 2. The minimum absolute atomic E-state index is 0.103. The fraction of sp³-hybridized carbons (Fsp3) is 0.560. The van der Waals surface area contributed by atoms with Crippen LogP contribution in [0.3, 0.4) is 0 Å². The van der Waals surface area contributed by atoms with E-state index in [-0.39, 0.29) is 30.4 Å². The zero-order valence-electron chi connectivity index (χ0n) is 19.9. The highest BCUT2D eigenvalue weighted by Gasteiger charge is 2.47. The summed E-state index contributed by atoms with van der Waals surface area (Å²) in [7, 11) is 0. The quantitative estimate of drug-likeness (QED) is 0.496. The maximum Gasteiger partial charge on any atom is 0.391 e. The van der Waals surface area contributed by atoms with Gasteiger partial charge in [0, 0.05) is 5.56 Å². The molecule has 0 spiro atoms. The first-order valence-corrected chi connectivity index (χ1v) is 11.5. The molecule has 176 valence electrons. The number of carbonyl (C=O) groups is 2. The topological polar surface area (TPSA) is 98.5 Å². The third-order valence-electron chi connectivity index (χ3n) is 6.27. The van der Waals surface area contributed by atoms with E-state index in [2.05, 4.69) is 40.8 Å². The van der Waals surface area contributed by atoms with Crippen LogP contribution in [0.25, 0.3) is 16.2 Å². The van der Waals surface area contributed by atoms with Crippen LogP contribution in [0.4, 0.5) is 0 Å². The third kappa shape index (κ3) is 5.59. The second kappa shape index (κ2) is 10.6. The maximum absolute atomic E-state index is 13.4. The normalized spacial score (nSPS) is 24.4. The summed E-state index contributed by atoms with van der Waals surface area (Å²) in [5.41, 5.74) is 1.85. The van der Waals surface area contributed by atoms with Gasteiger partial charge in [0.1, 0.15) is 11.9 Å². The van der Waals surface area contributed by atoms with Crippen molar-refractivity contribution in [2.75, 3.05) is 6.61 Å². The summed E-state index contributed by atoms with van der Waals surface area (Å²) in [4.78, 5) is 33.9. The van der Waals surface area contributed by atoms with E-state index in [1.54, 1.807) is 6.92 Å². The monoisotopic (exact) mass is 452 g/mol. The summed E-state index contributed by atoms with van der Waals surface area (Å²) in [6, 6.07) is 6.21. The first-order valence-electron chi connectivity index (χ1n) is 11.5. The summed E-state index contributed by atoms with van der Waals surface area (Å²) in [5, 5.41) is 6.99. The molecule has 0 aliphatic heterocycles. The zero-order valence-corrected chi connectivity index (χ0v) is 19.9. The summed E-state index contributed by atoms with van der Waals surface area (Å²) in [6.45, 7) is 17.7. The highest BCUT2D eigenvalue weighted by molar-refractivity contribution is 5.89. The average Bonchev–Trinajstić information content (AvgIpc) is 3.24. The molecule has 1 fully saturated rings. The third-order valence-corrected chi connectivity index (χ3v) is 6.27. The zero-order chi connectivity index (χ0) is 24.1. The molecule has 0 radical (unpaired) electrons. The molecule has 2 aromatic rings. The van der Waals surface area contributed by atoms with Crippen molar-refractivity contribution in [1.29, 1.82) is 0 Å². The van der Waals surface area contributed by atoms with Gasteiger partial charge >= 0.3 is 18.0 Å². The van der Waals surface area contributed by atoms with Crippen molar-refractivity contribution in [3.8, 4) is 11.4 Å². The van der Waals surface area contributed by atoms with Crippen LogP contribution in [-0.2, 0) is 19.1 Å². The van der Waals surface area contributed by atoms with Crippen LogP contribution < -0.4 is 0 Å². The van der Waals surface area contributed by atoms with Gasteiger partial charge in [-0.2, -0.15) is 5.10 Å². The van der Waals surface area contributed by atoms with Crippen LogP contribution in [0.1, 0.15) is 57.8 Å². The van der Waals surface area contributed by atoms with E-state index in [1.165, 1.54) is 0 Å². The van der Waals surface area contributed by atoms with Crippen LogP contribution in [0.2, 0.25) is 0 Å². The number of aromatic amines is 1. The van der Waals surface area contributed by atoms with E-state index in [4.69, 9.17) is 16.0 Å². The molecule has 33 heavy (non-hydrogen) atoms. The van der Waals surface area contributed by atoms with Crippen molar-refractivity contribution >= 4 is 11.9 Å². The lowest BCUT2D eigenvalue weighted by molar-refractivity contribution is -0.163. The molecular weight excluding hydrogens is 420 g/mol. The Hall–Kier alpha value is -3.21. The van der Waals surface area contributed by atoms with Gasteiger partial charge in [-0.25, -0.2) is 16.4 Å². The molecular formula is C25H32N4O4. The Labute approximate surface area is 194 Å². The number of hydrogen-bond donors (Lipinski definition) is 1. The van der Waals surface area contributed by atoms with Gasteiger partial charge in [0.25, 0.3) is 0 Å². The number of nitrogens with one attached hydrogen (secondary N) is 1. The van der Waals surface area contributed by atoms with Crippen molar-refractivity contribution in [2.24, 2.45) is 17.8 Å². The van der Waals surface area contributed by atoms with Crippen LogP contribution in [0, 0.1) is 31.2 Å². The van der Waals surface area contributed by atoms with Crippen LogP contribution in [-0.4, -0.2) is 45.9 Å². The number of aromatic nitrogens is 3. The number of ether oxygens (including phenoxy) is 2. The molecule has 8 heteroatoms. The molecule has 8 nitrogen and oxygen atoms in total. The van der Waals surface area contributed by atoms with E-state index in [9.17, 15) is 9.59 Å². The molecule has 1 aromatic heterocycles. The predicted octanol–water partition coefficient (Wildman–Crippen LogP) is 4.33. The molecule has 0 saturated heterocycles. The molecule has 4 unspecified atom stereocenters. The van der Waals surface area contributed by atoms with Gasteiger partial charge in [0.2, 0.25) is 5.92 Å². The SMILES string of the molecule is [C-]#[N+]C(C(=O)OCC)C(C(=O)OC1C(C)CC(C)CC1C)c1nc(-c2ccc(C)cc2)n[nH]1. The molecule has 1 N–H and O–H groups in total. The number of rotatable bonds is 7. The summed E-state index contributed by atoms with van der Waals surface area (Å²) in [6.07, 6.45) is 1.62. The number of carbonyl (C=O) groups excluding carboxylic acids is 2. The molecule has 0 bridgehead atoms. The van der Waals surface area contributed by atoms with Gasteiger partial charge in [0.05, 0.1) is 6.61 Å². The molecule has 3 rings (SSSR count). The van der Waals surface area contributed by atoms with Crippen LogP contribution >= 0.6 is 0 Å². The summed E-state index contributed by atoms with van der Waals surface area (Å²) >= 11 is 0. The fourth-order valence-electron chi connectivity index (χ4n) is 4.76. The average molecular weight is 453 g/mol. The number of nitrogens with zero attached hydrogens (tertiary/aromatic N) is 3. The summed E-state index contributed by atoms with van der Waals surface area (Å²) in [5.74, 6) is -1.28. The standard InChI is InChI=1S/C25H32N4O4/c1-7-32-25(31)20(26-6)19(24(30)33-21-16(4)12-15(3)13-17(21)5)23-27-22(28-29-23)18-10-8-14(2)9-11-18/h8-11,15-17,19-21H,7,12-13H2,1-5H3,(H,27,28,29). The molecule has 1 saturated carbocycles. The minimum Gasteiger partial charge on any atom is -0.461 e. The van der Waals surface area contributed by atoms with Gasteiger partial charge in [-0.05, 0) is 44.4 Å². The smallest absolute Gasteiger partial charge is 0.391 e. The summed E-state index contributed by atoms with van der Waals surface area (Å²) < 4.78 is 11.0. The first-order chi connectivity index (χ1) is 15.7. The number of benzene rings is 1. The van der Waals surface area contributed by atoms with E-state index < -0.39 is 23.9 Å². The lowest BCUT2D eigenvalue weighted by atomic mass is 9.75. The molecule has 1 aromatic carbocycles. The lowest BCUT2D eigenvalue weighted by Crippen LogP contribution is -2.41. The van der Waals surface area contributed by atoms with Crippen molar-refractivity contribution in [3.05, 3.63) is 47.1 Å². The Morgan fingerprint density at radius 3 is 2.36 bits per heavy atom. The fourth-order valence-corrected chi connectivity index (χ4v) is 4.76. The Morgan fingerprint density at radius 1 is 1.15 bits per heavy atom. The highest BCUT2D eigenvalue weighted by Crippen LogP contribution is 2.36. The largest absolute Gasteiger partial charge is 0.461 e. The number of aryl methyl sites for hydroxylation is 1. The predicted molar refractivity (Wildman–Crippen MR) is 123 cm³/mol. The highest BCUT2D eigenvalue weighted by atomic mass is 16.5. The molecule has 4 atom stereocenters. The van der Waals surface area contributed by atoms with E-state index in [0.717, 1.165) is 24.0 Å². The van der Waals surface area contributed by atoms with Gasteiger partial charge < -0.3 is 9.47 Å². The van der Waals surface area contributed by atoms with Crippen molar-refractivity contribution in [1.82, 2.24) is 15.2 Å². The Morgan fingerprint density at radius 2 is 1.79 bits per heavy atom.